The lowest BCUT2D eigenvalue weighted by Gasteiger charge is -2.34. The highest BCUT2D eigenvalue weighted by atomic mass is 32.2. The van der Waals surface area contributed by atoms with Gasteiger partial charge in [-0.2, -0.15) is 4.31 Å². The first-order valence-corrected chi connectivity index (χ1v) is 9.18. The molecule has 8 heteroatoms. The summed E-state index contributed by atoms with van der Waals surface area (Å²) in [6.45, 7) is 1.51. The second-order valence-corrected chi connectivity index (χ2v) is 8.80. The molecule has 0 aromatic carbocycles. The highest BCUT2D eigenvalue weighted by Gasteiger charge is 2.35. The molecule has 2 heterocycles. The number of aliphatic hydroxyl groups is 1. The SMILES string of the molecule is CN(CC1(O)CCOCC1)S(=O)(=O)c1ccc(CCN)s1. The first-order chi connectivity index (χ1) is 9.87. The largest absolute Gasteiger partial charge is 0.388 e. The van der Waals surface area contributed by atoms with Crippen molar-refractivity contribution in [2.75, 3.05) is 33.4 Å². The quantitative estimate of drug-likeness (QED) is 0.786. The summed E-state index contributed by atoms with van der Waals surface area (Å²) >= 11 is 1.24. The maximum absolute atomic E-state index is 12.5. The van der Waals surface area contributed by atoms with Gasteiger partial charge in [0.25, 0.3) is 10.0 Å². The van der Waals surface area contributed by atoms with Crippen molar-refractivity contribution < 1.29 is 18.3 Å². The van der Waals surface area contributed by atoms with Crippen molar-refractivity contribution in [1.29, 1.82) is 0 Å². The van der Waals surface area contributed by atoms with Crippen LogP contribution in [0.5, 0.6) is 0 Å². The average molecular weight is 334 g/mol. The molecule has 21 heavy (non-hydrogen) atoms. The summed E-state index contributed by atoms with van der Waals surface area (Å²) in [5.74, 6) is 0. The van der Waals surface area contributed by atoms with Crippen LogP contribution in [0.1, 0.15) is 17.7 Å². The van der Waals surface area contributed by atoms with E-state index in [1.807, 2.05) is 0 Å². The smallest absolute Gasteiger partial charge is 0.252 e. The molecule has 1 aliphatic rings. The molecule has 0 saturated carbocycles. The summed E-state index contributed by atoms with van der Waals surface area (Å²) in [6.07, 6.45) is 1.58. The van der Waals surface area contributed by atoms with Crippen molar-refractivity contribution in [3.05, 3.63) is 17.0 Å². The van der Waals surface area contributed by atoms with Crippen LogP contribution in [-0.4, -0.2) is 56.8 Å². The van der Waals surface area contributed by atoms with Gasteiger partial charge in [-0.05, 0) is 25.1 Å². The lowest BCUT2D eigenvalue weighted by atomic mass is 9.95. The monoisotopic (exact) mass is 334 g/mol. The van der Waals surface area contributed by atoms with E-state index in [-0.39, 0.29) is 6.54 Å². The van der Waals surface area contributed by atoms with E-state index in [1.54, 1.807) is 12.1 Å². The summed E-state index contributed by atoms with van der Waals surface area (Å²) in [5.41, 5.74) is 4.48. The van der Waals surface area contributed by atoms with Crippen molar-refractivity contribution in [3.8, 4) is 0 Å². The maximum atomic E-state index is 12.5. The van der Waals surface area contributed by atoms with Crippen molar-refractivity contribution in [1.82, 2.24) is 4.31 Å². The summed E-state index contributed by atoms with van der Waals surface area (Å²) in [4.78, 5) is 0.953. The Balaban J connectivity index is 2.10. The number of hydrogen-bond acceptors (Lipinski definition) is 6. The Hall–Kier alpha value is -0.510. The fourth-order valence-electron chi connectivity index (χ4n) is 2.34. The maximum Gasteiger partial charge on any atom is 0.252 e. The molecule has 3 N–H and O–H groups in total. The van der Waals surface area contributed by atoms with Gasteiger partial charge in [0.1, 0.15) is 4.21 Å². The zero-order valence-electron chi connectivity index (χ0n) is 12.1. The number of rotatable bonds is 6. The molecule has 0 amide bonds. The number of hydrogen-bond donors (Lipinski definition) is 2. The van der Waals surface area contributed by atoms with Crippen LogP contribution in [0.3, 0.4) is 0 Å². The Morgan fingerprint density at radius 2 is 2.10 bits per heavy atom. The predicted octanol–water partition coefficient (Wildman–Crippen LogP) is 0.411. The fourth-order valence-corrected chi connectivity index (χ4v) is 5.17. The summed E-state index contributed by atoms with van der Waals surface area (Å²) < 4.78 is 31.8. The lowest BCUT2D eigenvalue weighted by molar-refractivity contribution is -0.0689. The molecule has 120 valence electrons. The summed E-state index contributed by atoms with van der Waals surface area (Å²) in [5, 5.41) is 10.4. The van der Waals surface area contributed by atoms with Crippen LogP contribution in [0, 0.1) is 0 Å². The number of thiophene rings is 1. The molecule has 0 bridgehead atoms. The molecule has 6 nitrogen and oxygen atoms in total. The Kier molecular flexibility index (Phi) is 5.39. The van der Waals surface area contributed by atoms with Crippen LogP contribution in [0.2, 0.25) is 0 Å². The first-order valence-electron chi connectivity index (χ1n) is 6.93. The van der Waals surface area contributed by atoms with Gasteiger partial charge >= 0.3 is 0 Å². The standard InChI is InChI=1S/C13H22N2O4S2/c1-15(10-13(16)5-8-19-9-6-13)21(17,18)12-3-2-11(20-12)4-7-14/h2-3,16H,4-10,14H2,1H3. The summed E-state index contributed by atoms with van der Waals surface area (Å²) in [6, 6.07) is 3.40. The third-order valence-electron chi connectivity index (χ3n) is 3.63. The van der Waals surface area contributed by atoms with Gasteiger partial charge in [-0.1, -0.05) is 0 Å². The zero-order chi connectivity index (χ0) is 15.5. The van der Waals surface area contributed by atoms with Gasteiger partial charge < -0.3 is 15.6 Å². The van der Waals surface area contributed by atoms with Gasteiger partial charge in [0.15, 0.2) is 0 Å². The van der Waals surface area contributed by atoms with E-state index in [4.69, 9.17) is 10.5 Å². The minimum absolute atomic E-state index is 0.0861. The molecule has 0 unspecified atom stereocenters. The normalized spacial score (nSPS) is 19.0. The third kappa shape index (κ3) is 4.02. The first kappa shape index (κ1) is 16.9. The van der Waals surface area contributed by atoms with Crippen LogP contribution in [0.25, 0.3) is 0 Å². The van der Waals surface area contributed by atoms with E-state index in [0.29, 0.717) is 43.2 Å². The van der Waals surface area contributed by atoms with E-state index >= 15 is 0 Å². The Bertz CT molecular complexity index is 564. The van der Waals surface area contributed by atoms with Gasteiger partial charge in [0.2, 0.25) is 0 Å². The van der Waals surface area contributed by atoms with Crippen molar-refractivity contribution >= 4 is 21.4 Å². The second kappa shape index (κ2) is 6.72. The fraction of sp³-hybridized carbons (Fsp3) is 0.692. The molecule has 1 fully saturated rings. The van der Waals surface area contributed by atoms with Crippen molar-refractivity contribution in [3.63, 3.8) is 0 Å². The van der Waals surface area contributed by atoms with Crippen LogP contribution in [-0.2, 0) is 21.2 Å². The van der Waals surface area contributed by atoms with Gasteiger partial charge in [-0.15, -0.1) is 11.3 Å². The third-order valence-corrected chi connectivity index (χ3v) is 7.05. The molecular formula is C13H22N2O4S2. The molecule has 0 radical (unpaired) electrons. The van der Waals surface area contributed by atoms with Gasteiger partial charge in [0, 0.05) is 44.5 Å². The molecule has 2 rings (SSSR count). The van der Waals surface area contributed by atoms with E-state index in [9.17, 15) is 13.5 Å². The highest BCUT2D eigenvalue weighted by Crippen LogP contribution is 2.28. The molecule has 0 spiro atoms. The number of ether oxygens (including phenoxy) is 1. The van der Waals surface area contributed by atoms with Crippen LogP contribution in [0.15, 0.2) is 16.3 Å². The number of nitrogens with two attached hydrogens (primary N) is 1. The van der Waals surface area contributed by atoms with Crippen molar-refractivity contribution in [2.24, 2.45) is 5.73 Å². The number of nitrogens with zero attached hydrogens (tertiary/aromatic N) is 1. The van der Waals surface area contributed by atoms with E-state index in [1.165, 1.54) is 22.7 Å². The summed E-state index contributed by atoms with van der Waals surface area (Å²) in [7, 11) is -2.06. The zero-order valence-corrected chi connectivity index (χ0v) is 13.8. The lowest BCUT2D eigenvalue weighted by Crippen LogP contribution is -2.47. The predicted molar refractivity (Wildman–Crippen MR) is 81.9 cm³/mol. The number of likely N-dealkylation sites (N-methyl/N-ethyl adjacent to an activating group) is 1. The van der Waals surface area contributed by atoms with Crippen LogP contribution < -0.4 is 5.73 Å². The molecular weight excluding hydrogens is 312 g/mol. The number of sulfonamides is 1. The Labute approximate surface area is 129 Å². The minimum atomic E-state index is -3.56. The van der Waals surface area contributed by atoms with Crippen LogP contribution >= 0.6 is 11.3 Å². The minimum Gasteiger partial charge on any atom is -0.388 e. The van der Waals surface area contributed by atoms with Gasteiger partial charge in [-0.3, -0.25) is 0 Å². The molecule has 1 aliphatic heterocycles. The molecule has 0 atom stereocenters. The van der Waals surface area contributed by atoms with Crippen molar-refractivity contribution in [2.45, 2.75) is 29.1 Å². The molecule has 1 aromatic rings. The molecule has 0 aliphatic carbocycles. The van der Waals surface area contributed by atoms with Gasteiger partial charge in [0.05, 0.1) is 5.60 Å². The average Bonchev–Trinajstić information content (AvgIpc) is 2.89. The van der Waals surface area contributed by atoms with E-state index in [0.717, 1.165) is 4.88 Å². The second-order valence-electron chi connectivity index (χ2n) is 5.36. The highest BCUT2D eigenvalue weighted by molar-refractivity contribution is 7.91. The topological polar surface area (TPSA) is 92.9 Å². The van der Waals surface area contributed by atoms with E-state index in [2.05, 4.69) is 0 Å². The molecule has 1 saturated heterocycles. The van der Waals surface area contributed by atoms with E-state index < -0.39 is 15.6 Å². The van der Waals surface area contributed by atoms with Crippen LogP contribution in [0.4, 0.5) is 0 Å². The van der Waals surface area contributed by atoms with Gasteiger partial charge in [-0.25, -0.2) is 8.42 Å². The Morgan fingerprint density at radius 1 is 1.43 bits per heavy atom. The molecule has 1 aromatic heterocycles. The Morgan fingerprint density at radius 3 is 2.71 bits per heavy atom.